The van der Waals surface area contributed by atoms with E-state index in [0.29, 0.717) is 16.6 Å². The molecule has 1 fully saturated rings. The van der Waals surface area contributed by atoms with Gasteiger partial charge in [0, 0.05) is 23.2 Å². The second-order valence-electron chi connectivity index (χ2n) is 4.68. The molecule has 3 rings (SSSR count). The van der Waals surface area contributed by atoms with Gasteiger partial charge in [-0.2, -0.15) is 0 Å². The van der Waals surface area contributed by atoms with Crippen LogP contribution in [0.4, 0.5) is 0 Å². The zero-order chi connectivity index (χ0) is 13.4. The molecule has 1 aliphatic rings. The molecular formula is C14H12Cl2N2O. The number of hydrogen-bond acceptors (Lipinski definition) is 1. The van der Waals surface area contributed by atoms with Gasteiger partial charge in [0.25, 0.3) is 5.91 Å². The Bertz CT molecular complexity index is 623. The molecule has 2 atom stereocenters. The zero-order valence-corrected chi connectivity index (χ0v) is 11.5. The number of benzene rings is 1. The lowest BCUT2D eigenvalue weighted by atomic mass is 10.1. The highest BCUT2D eigenvalue weighted by atomic mass is 35.5. The minimum absolute atomic E-state index is 0.133. The van der Waals surface area contributed by atoms with Crippen molar-refractivity contribution in [3.63, 3.8) is 0 Å². The first-order valence-electron chi connectivity index (χ1n) is 6.04. The van der Waals surface area contributed by atoms with Crippen LogP contribution in [0.25, 0.3) is 0 Å². The zero-order valence-electron chi connectivity index (χ0n) is 9.99. The van der Waals surface area contributed by atoms with Gasteiger partial charge in [-0.25, -0.2) is 0 Å². The number of rotatable bonds is 3. The Hall–Kier alpha value is -1.45. The van der Waals surface area contributed by atoms with Gasteiger partial charge in [-0.15, -0.1) is 0 Å². The molecule has 0 saturated heterocycles. The number of amides is 1. The molecule has 1 aromatic heterocycles. The first-order valence-corrected chi connectivity index (χ1v) is 6.80. The van der Waals surface area contributed by atoms with Crippen LogP contribution < -0.4 is 5.32 Å². The molecule has 2 N–H and O–H groups in total. The largest absolute Gasteiger partial charge is 0.356 e. The Morgan fingerprint density at radius 3 is 2.79 bits per heavy atom. The summed E-state index contributed by atoms with van der Waals surface area (Å²) in [6, 6.07) is 9.51. The van der Waals surface area contributed by atoms with Crippen molar-refractivity contribution in [3.8, 4) is 0 Å². The maximum Gasteiger partial charge on any atom is 0.267 e. The molecule has 1 amide bonds. The summed E-state index contributed by atoms with van der Waals surface area (Å²) in [4.78, 5) is 14.8. The fraction of sp³-hybridized carbons (Fsp3) is 0.214. The second kappa shape index (κ2) is 4.91. The molecule has 1 heterocycles. The maximum absolute atomic E-state index is 11.9. The lowest BCUT2D eigenvalue weighted by Gasteiger charge is -2.05. The van der Waals surface area contributed by atoms with Crippen molar-refractivity contribution in [1.82, 2.24) is 10.3 Å². The Labute approximate surface area is 120 Å². The highest BCUT2D eigenvalue weighted by Crippen LogP contribution is 2.43. The third-order valence-electron chi connectivity index (χ3n) is 3.30. The van der Waals surface area contributed by atoms with Gasteiger partial charge in [-0.1, -0.05) is 41.4 Å². The molecule has 98 valence electrons. The Balaban J connectivity index is 1.65. The monoisotopic (exact) mass is 294 g/mol. The van der Waals surface area contributed by atoms with Crippen LogP contribution in [0.3, 0.4) is 0 Å². The summed E-state index contributed by atoms with van der Waals surface area (Å²) < 4.78 is 0. The van der Waals surface area contributed by atoms with Crippen molar-refractivity contribution in [2.45, 2.75) is 18.4 Å². The maximum atomic E-state index is 11.9. The standard InChI is InChI=1S/C14H12Cl2N2O/c15-8-5-13(17-7-8)14(19)18-12-6-10(12)9-3-1-2-4-11(9)16/h1-5,7,10,12,17H,6H2,(H,18,19)/t10-,12-/m1/s1. The molecule has 0 bridgehead atoms. The molecule has 1 aliphatic carbocycles. The molecule has 0 unspecified atom stereocenters. The fourth-order valence-corrected chi connectivity index (χ4v) is 2.66. The van der Waals surface area contributed by atoms with E-state index < -0.39 is 0 Å². The van der Waals surface area contributed by atoms with Crippen LogP contribution in [0.1, 0.15) is 28.4 Å². The van der Waals surface area contributed by atoms with Gasteiger partial charge in [-0.05, 0) is 24.1 Å². The predicted molar refractivity (Wildman–Crippen MR) is 75.9 cm³/mol. The van der Waals surface area contributed by atoms with Crippen LogP contribution in [0.2, 0.25) is 10.0 Å². The van der Waals surface area contributed by atoms with E-state index in [9.17, 15) is 4.79 Å². The van der Waals surface area contributed by atoms with Gasteiger partial charge in [0.2, 0.25) is 0 Å². The summed E-state index contributed by atoms with van der Waals surface area (Å²) in [6.07, 6.45) is 2.51. The van der Waals surface area contributed by atoms with E-state index >= 15 is 0 Å². The fourth-order valence-electron chi connectivity index (χ4n) is 2.22. The molecule has 1 saturated carbocycles. The van der Waals surface area contributed by atoms with E-state index in [1.54, 1.807) is 12.3 Å². The van der Waals surface area contributed by atoms with Gasteiger partial charge >= 0.3 is 0 Å². The molecule has 19 heavy (non-hydrogen) atoms. The molecule has 0 radical (unpaired) electrons. The first-order chi connectivity index (χ1) is 9.15. The van der Waals surface area contributed by atoms with Gasteiger partial charge in [0.15, 0.2) is 0 Å². The van der Waals surface area contributed by atoms with Gasteiger partial charge in [0.05, 0.1) is 5.02 Å². The normalized spacial score (nSPS) is 21.2. The van der Waals surface area contributed by atoms with Crippen LogP contribution in [0, 0.1) is 0 Å². The van der Waals surface area contributed by atoms with E-state index in [1.165, 1.54) is 0 Å². The minimum Gasteiger partial charge on any atom is -0.356 e. The van der Waals surface area contributed by atoms with E-state index in [-0.39, 0.29) is 11.9 Å². The summed E-state index contributed by atoms with van der Waals surface area (Å²) in [6.45, 7) is 0. The topological polar surface area (TPSA) is 44.9 Å². The van der Waals surface area contributed by atoms with Crippen molar-refractivity contribution < 1.29 is 4.79 Å². The molecule has 1 aromatic carbocycles. The van der Waals surface area contributed by atoms with Crippen LogP contribution in [0.5, 0.6) is 0 Å². The van der Waals surface area contributed by atoms with Crippen molar-refractivity contribution >= 4 is 29.1 Å². The average Bonchev–Trinajstić information content (AvgIpc) is 2.99. The van der Waals surface area contributed by atoms with E-state index in [1.807, 2.05) is 24.3 Å². The van der Waals surface area contributed by atoms with Gasteiger partial charge in [0.1, 0.15) is 5.69 Å². The molecule has 2 aromatic rings. The lowest BCUT2D eigenvalue weighted by molar-refractivity contribution is 0.0946. The number of aromatic amines is 1. The third kappa shape index (κ3) is 2.62. The summed E-state index contributed by atoms with van der Waals surface area (Å²) >= 11 is 11.9. The predicted octanol–water partition coefficient (Wildman–Crippen LogP) is 3.61. The Morgan fingerprint density at radius 1 is 1.32 bits per heavy atom. The number of carbonyl (C=O) groups is 1. The van der Waals surface area contributed by atoms with Crippen LogP contribution >= 0.6 is 23.2 Å². The third-order valence-corrected chi connectivity index (χ3v) is 3.87. The highest BCUT2D eigenvalue weighted by Gasteiger charge is 2.40. The molecular weight excluding hydrogens is 283 g/mol. The van der Waals surface area contributed by atoms with Crippen molar-refractivity contribution in [2.24, 2.45) is 0 Å². The second-order valence-corrected chi connectivity index (χ2v) is 5.52. The molecule has 0 aliphatic heterocycles. The van der Waals surface area contributed by atoms with Gasteiger partial charge in [-0.3, -0.25) is 4.79 Å². The van der Waals surface area contributed by atoms with Gasteiger partial charge < -0.3 is 10.3 Å². The minimum atomic E-state index is -0.133. The summed E-state index contributed by atoms with van der Waals surface area (Å²) in [5, 5.41) is 4.26. The SMILES string of the molecule is O=C(N[C@@H]1C[C@@H]1c1ccccc1Cl)c1cc(Cl)c[nH]1. The number of aromatic nitrogens is 1. The quantitative estimate of drug-likeness (QED) is 0.892. The lowest BCUT2D eigenvalue weighted by Crippen LogP contribution is -2.26. The van der Waals surface area contributed by atoms with Crippen LogP contribution in [-0.4, -0.2) is 16.9 Å². The molecule has 0 spiro atoms. The van der Waals surface area contributed by atoms with Crippen molar-refractivity contribution in [1.29, 1.82) is 0 Å². The van der Waals surface area contributed by atoms with E-state index in [4.69, 9.17) is 23.2 Å². The summed E-state index contributed by atoms with van der Waals surface area (Å²) in [5.74, 6) is 0.175. The number of halogens is 2. The number of carbonyl (C=O) groups excluding carboxylic acids is 1. The number of nitrogens with one attached hydrogen (secondary N) is 2. The summed E-state index contributed by atoms with van der Waals surface area (Å²) in [5.41, 5.74) is 1.58. The highest BCUT2D eigenvalue weighted by molar-refractivity contribution is 6.31. The molecule has 5 heteroatoms. The Morgan fingerprint density at radius 2 is 2.11 bits per heavy atom. The van der Waals surface area contributed by atoms with Crippen molar-refractivity contribution in [3.05, 3.63) is 57.8 Å². The van der Waals surface area contributed by atoms with E-state index in [0.717, 1.165) is 17.0 Å². The number of hydrogen-bond donors (Lipinski definition) is 2. The summed E-state index contributed by atoms with van der Waals surface area (Å²) in [7, 11) is 0. The van der Waals surface area contributed by atoms with Crippen LogP contribution in [0.15, 0.2) is 36.5 Å². The van der Waals surface area contributed by atoms with Crippen molar-refractivity contribution in [2.75, 3.05) is 0 Å². The van der Waals surface area contributed by atoms with Crippen LogP contribution in [-0.2, 0) is 0 Å². The number of H-pyrrole nitrogens is 1. The average molecular weight is 295 g/mol. The smallest absolute Gasteiger partial charge is 0.267 e. The van der Waals surface area contributed by atoms with E-state index in [2.05, 4.69) is 10.3 Å². The Kier molecular flexibility index (Phi) is 3.25. The first kappa shape index (κ1) is 12.6. The molecule has 3 nitrogen and oxygen atoms in total.